The molecule has 1 amide bonds. The van der Waals surface area contributed by atoms with Crippen LogP contribution in [0.5, 0.6) is 11.6 Å². The van der Waals surface area contributed by atoms with Gasteiger partial charge < -0.3 is 9.47 Å². The smallest absolute Gasteiger partial charge is 0.247 e. The maximum atomic E-state index is 13.3. The minimum Gasteiger partial charge on any atom is -0.490 e. The Labute approximate surface area is 209 Å². The van der Waals surface area contributed by atoms with E-state index < -0.39 is 6.23 Å². The molecule has 1 aliphatic heterocycles. The van der Waals surface area contributed by atoms with E-state index in [0.717, 1.165) is 29.7 Å². The van der Waals surface area contributed by atoms with Crippen LogP contribution in [0.4, 0.5) is 5.69 Å². The lowest BCUT2D eigenvalue weighted by Crippen LogP contribution is -2.37. The zero-order valence-corrected chi connectivity index (χ0v) is 20.5. The number of nitrogens with zero attached hydrogens (tertiary/aromatic N) is 4. The number of carbonyl (C=O) groups is 1. The van der Waals surface area contributed by atoms with E-state index in [2.05, 4.69) is 21.8 Å². The van der Waals surface area contributed by atoms with Gasteiger partial charge in [0.25, 0.3) is 0 Å². The lowest BCUT2D eigenvalue weighted by molar-refractivity contribution is -0.120. The van der Waals surface area contributed by atoms with Crippen LogP contribution in [0.1, 0.15) is 50.8 Å². The van der Waals surface area contributed by atoms with Gasteiger partial charge in [0.05, 0.1) is 11.8 Å². The Balaban J connectivity index is 1.61. The molecule has 1 aliphatic carbocycles. The average molecular weight is 489 g/mol. The summed E-state index contributed by atoms with van der Waals surface area (Å²) >= 11 is 1.43. The molecule has 2 aliphatic rings. The van der Waals surface area contributed by atoms with Gasteiger partial charge in [-0.2, -0.15) is 4.98 Å². The third kappa shape index (κ3) is 4.89. The van der Waals surface area contributed by atoms with Gasteiger partial charge in [0, 0.05) is 23.3 Å². The van der Waals surface area contributed by atoms with E-state index in [0.29, 0.717) is 34.6 Å². The predicted octanol–water partition coefficient (Wildman–Crippen LogP) is 5.97. The largest absolute Gasteiger partial charge is 0.490 e. The van der Waals surface area contributed by atoms with Crippen molar-refractivity contribution in [1.29, 1.82) is 0 Å². The van der Waals surface area contributed by atoms with Crippen molar-refractivity contribution >= 4 is 23.4 Å². The first-order chi connectivity index (χ1) is 17.2. The summed E-state index contributed by atoms with van der Waals surface area (Å²) in [7, 11) is 0. The molecule has 0 unspecified atom stereocenters. The van der Waals surface area contributed by atoms with Crippen molar-refractivity contribution in [2.24, 2.45) is 0 Å². The Morgan fingerprint density at radius 1 is 1.20 bits per heavy atom. The molecule has 2 aromatic carbocycles. The molecule has 1 aromatic heterocycles. The minimum absolute atomic E-state index is 0.0633. The molecule has 1 atom stereocenters. The van der Waals surface area contributed by atoms with Crippen LogP contribution in [-0.4, -0.2) is 32.9 Å². The second-order valence-electron chi connectivity index (χ2n) is 8.55. The first kappa shape index (κ1) is 23.4. The molecule has 0 spiro atoms. The summed E-state index contributed by atoms with van der Waals surface area (Å²) < 4.78 is 12.8. The quantitative estimate of drug-likeness (QED) is 0.299. The van der Waals surface area contributed by atoms with E-state index in [1.165, 1.54) is 24.6 Å². The van der Waals surface area contributed by atoms with Crippen LogP contribution in [0.25, 0.3) is 11.3 Å². The van der Waals surface area contributed by atoms with E-state index in [1.807, 2.05) is 55.5 Å². The van der Waals surface area contributed by atoms with Gasteiger partial charge in [-0.3, -0.25) is 9.69 Å². The van der Waals surface area contributed by atoms with Crippen molar-refractivity contribution in [3.63, 3.8) is 0 Å². The second-order valence-corrected chi connectivity index (χ2v) is 9.54. The number of hydrogen-bond donors (Lipinski definition) is 0. The number of fused-ring (bicyclic) bond motifs is 3. The van der Waals surface area contributed by atoms with Crippen molar-refractivity contribution in [2.45, 2.75) is 56.5 Å². The fourth-order valence-electron chi connectivity index (χ4n) is 4.50. The summed E-state index contributed by atoms with van der Waals surface area (Å²) in [6.07, 6.45) is 6.14. The van der Waals surface area contributed by atoms with Gasteiger partial charge in [-0.25, -0.2) is 0 Å². The van der Waals surface area contributed by atoms with E-state index >= 15 is 0 Å². The third-order valence-corrected chi connectivity index (χ3v) is 6.99. The standard InChI is InChI=1S/C27H28N4O3S/c1-3-16-35-27-28-25-24(29-30-27)21-14-7-8-15-22(21)31(23(32)4-2)26(34-25)18-10-9-13-20(17-18)33-19-11-5-6-12-19/h3,7-10,13-15,17,19,26H,1,4-6,11-12,16H2,2H3/t26-/m1/s1. The van der Waals surface area contributed by atoms with Gasteiger partial charge in [-0.15, -0.1) is 16.8 Å². The molecule has 8 heteroatoms. The normalized spacial score (nSPS) is 17.2. The number of benzene rings is 2. The highest BCUT2D eigenvalue weighted by atomic mass is 32.2. The van der Waals surface area contributed by atoms with Crippen molar-refractivity contribution in [3.05, 3.63) is 66.7 Å². The van der Waals surface area contributed by atoms with Crippen LogP contribution in [0.2, 0.25) is 0 Å². The molecule has 0 saturated heterocycles. The first-order valence-corrected chi connectivity index (χ1v) is 13.0. The Bertz CT molecular complexity index is 1230. The number of rotatable bonds is 7. The highest BCUT2D eigenvalue weighted by molar-refractivity contribution is 7.99. The Morgan fingerprint density at radius 2 is 2.03 bits per heavy atom. The van der Waals surface area contributed by atoms with Gasteiger partial charge in [-0.05, 0) is 43.9 Å². The van der Waals surface area contributed by atoms with E-state index in [4.69, 9.17) is 9.47 Å². The van der Waals surface area contributed by atoms with Gasteiger partial charge >= 0.3 is 0 Å². The highest BCUT2D eigenvalue weighted by Crippen LogP contribution is 2.44. The van der Waals surface area contributed by atoms with Crippen molar-refractivity contribution in [1.82, 2.24) is 15.2 Å². The topological polar surface area (TPSA) is 77.4 Å². The lowest BCUT2D eigenvalue weighted by Gasteiger charge is -2.31. The number of amides is 1. The fraction of sp³-hybridized carbons (Fsp3) is 0.333. The Kier molecular flexibility index (Phi) is 6.99. The SMILES string of the molecule is C=CCSc1nnc2c(n1)O[C@H](c1cccc(OC3CCCC3)c1)N(C(=O)CC)c1ccccc1-2. The molecule has 35 heavy (non-hydrogen) atoms. The number of thioether (sulfide) groups is 1. The summed E-state index contributed by atoms with van der Waals surface area (Å²) in [6.45, 7) is 5.61. The number of carbonyl (C=O) groups excluding carboxylic acids is 1. The number of anilines is 1. The Morgan fingerprint density at radius 3 is 2.83 bits per heavy atom. The van der Waals surface area contributed by atoms with Gasteiger partial charge in [0.15, 0.2) is 5.69 Å². The molecule has 2 heterocycles. The fourth-order valence-corrected chi connectivity index (χ4v) is 5.02. The lowest BCUT2D eigenvalue weighted by atomic mass is 10.1. The van der Waals surface area contributed by atoms with Crippen molar-refractivity contribution in [2.75, 3.05) is 10.7 Å². The van der Waals surface area contributed by atoms with E-state index in [1.54, 1.807) is 11.0 Å². The molecule has 5 rings (SSSR count). The summed E-state index contributed by atoms with van der Waals surface area (Å²) in [4.78, 5) is 19.7. The zero-order chi connectivity index (χ0) is 24.2. The van der Waals surface area contributed by atoms with Crippen LogP contribution in [0.15, 0.2) is 66.3 Å². The van der Waals surface area contributed by atoms with Crippen LogP contribution >= 0.6 is 11.8 Å². The molecular formula is C27H28N4O3S. The van der Waals surface area contributed by atoms with Crippen LogP contribution in [-0.2, 0) is 4.79 Å². The van der Waals surface area contributed by atoms with Crippen LogP contribution in [0.3, 0.4) is 0 Å². The molecule has 0 bridgehead atoms. The summed E-state index contributed by atoms with van der Waals surface area (Å²) in [5.74, 6) is 1.72. The Hall–Kier alpha value is -3.39. The number of para-hydroxylation sites is 1. The van der Waals surface area contributed by atoms with Crippen molar-refractivity contribution in [3.8, 4) is 22.9 Å². The number of hydrogen-bond acceptors (Lipinski definition) is 7. The molecular weight excluding hydrogens is 460 g/mol. The van der Waals surface area contributed by atoms with Crippen LogP contribution in [0, 0.1) is 0 Å². The van der Waals surface area contributed by atoms with Crippen LogP contribution < -0.4 is 14.4 Å². The van der Waals surface area contributed by atoms with Crippen molar-refractivity contribution < 1.29 is 14.3 Å². The summed E-state index contributed by atoms with van der Waals surface area (Å²) in [5, 5.41) is 9.23. The maximum absolute atomic E-state index is 13.3. The molecule has 180 valence electrons. The summed E-state index contributed by atoms with van der Waals surface area (Å²) in [6, 6.07) is 15.5. The number of ether oxygens (including phenoxy) is 2. The number of aromatic nitrogens is 3. The molecule has 7 nitrogen and oxygen atoms in total. The molecule has 0 radical (unpaired) electrons. The maximum Gasteiger partial charge on any atom is 0.247 e. The average Bonchev–Trinajstić information content (AvgIpc) is 3.35. The van der Waals surface area contributed by atoms with E-state index in [9.17, 15) is 4.79 Å². The molecule has 1 fully saturated rings. The summed E-state index contributed by atoms with van der Waals surface area (Å²) in [5.41, 5.74) is 2.79. The zero-order valence-electron chi connectivity index (χ0n) is 19.7. The molecule has 0 N–H and O–H groups in total. The molecule has 3 aromatic rings. The monoisotopic (exact) mass is 488 g/mol. The molecule has 1 saturated carbocycles. The third-order valence-electron chi connectivity index (χ3n) is 6.16. The van der Waals surface area contributed by atoms with Gasteiger partial charge in [0.2, 0.25) is 23.2 Å². The second kappa shape index (κ2) is 10.5. The first-order valence-electron chi connectivity index (χ1n) is 12.0. The van der Waals surface area contributed by atoms with Gasteiger partial charge in [-0.1, -0.05) is 55.1 Å². The highest BCUT2D eigenvalue weighted by Gasteiger charge is 2.35. The predicted molar refractivity (Wildman–Crippen MR) is 137 cm³/mol. The van der Waals surface area contributed by atoms with E-state index in [-0.39, 0.29) is 12.0 Å². The van der Waals surface area contributed by atoms with Gasteiger partial charge in [0.1, 0.15) is 5.75 Å². The minimum atomic E-state index is -0.731.